The van der Waals surface area contributed by atoms with Crippen molar-refractivity contribution in [3.05, 3.63) is 42.0 Å². The van der Waals surface area contributed by atoms with E-state index in [1.165, 1.54) is 26.4 Å². The first-order valence-corrected chi connectivity index (χ1v) is 9.70. The molecule has 27 heavy (non-hydrogen) atoms. The third kappa shape index (κ3) is 5.22. The summed E-state index contributed by atoms with van der Waals surface area (Å²) in [6.07, 6.45) is 8.01. The number of amides is 1. The minimum absolute atomic E-state index is 0.187. The maximum atomic E-state index is 12.5. The van der Waals surface area contributed by atoms with E-state index in [1.807, 2.05) is 24.3 Å². The van der Waals surface area contributed by atoms with Gasteiger partial charge in [0.05, 0.1) is 7.11 Å². The molecule has 0 saturated heterocycles. The summed E-state index contributed by atoms with van der Waals surface area (Å²) in [5.74, 6) is -0.349. The number of nitrogens with one attached hydrogen (secondary N) is 1. The Morgan fingerprint density at radius 2 is 1.63 bits per heavy atom. The molecule has 1 amide bonds. The molecule has 1 aliphatic carbocycles. The molecular weight excluding hydrogens is 342 g/mol. The first-order valence-electron chi connectivity index (χ1n) is 9.70. The third-order valence-electron chi connectivity index (χ3n) is 5.09. The lowest BCUT2D eigenvalue weighted by molar-refractivity contribution is -0.125. The molecule has 0 radical (unpaired) electrons. The van der Waals surface area contributed by atoms with E-state index in [1.54, 1.807) is 12.1 Å². The zero-order valence-corrected chi connectivity index (χ0v) is 15.8. The molecule has 0 unspecified atom stereocenters. The van der Waals surface area contributed by atoms with Gasteiger partial charge < -0.3 is 14.8 Å². The summed E-state index contributed by atoms with van der Waals surface area (Å²) < 4.78 is 10.6. The van der Waals surface area contributed by atoms with Crippen molar-refractivity contribution in [1.82, 2.24) is 5.32 Å². The predicted molar refractivity (Wildman–Crippen MR) is 105 cm³/mol. The highest BCUT2D eigenvalue weighted by atomic mass is 16.5. The fourth-order valence-electron chi connectivity index (χ4n) is 3.63. The van der Waals surface area contributed by atoms with E-state index < -0.39 is 5.97 Å². The van der Waals surface area contributed by atoms with Crippen LogP contribution in [0.25, 0.3) is 10.8 Å². The van der Waals surface area contributed by atoms with Gasteiger partial charge in [0.2, 0.25) is 0 Å². The number of carbonyl (C=O) groups is 2. The maximum Gasteiger partial charge on any atom is 0.342 e. The lowest BCUT2D eigenvalue weighted by Gasteiger charge is -2.21. The van der Waals surface area contributed by atoms with Gasteiger partial charge in [-0.25, -0.2) is 4.79 Å². The van der Waals surface area contributed by atoms with Gasteiger partial charge in [-0.1, -0.05) is 56.4 Å². The average molecular weight is 369 g/mol. The monoisotopic (exact) mass is 369 g/mol. The number of benzene rings is 2. The fraction of sp³-hybridized carbons (Fsp3) is 0.455. The molecule has 1 saturated carbocycles. The van der Waals surface area contributed by atoms with E-state index in [-0.39, 0.29) is 18.6 Å². The summed E-state index contributed by atoms with van der Waals surface area (Å²) >= 11 is 0. The van der Waals surface area contributed by atoms with Gasteiger partial charge in [0, 0.05) is 6.04 Å². The highest BCUT2D eigenvalue weighted by molar-refractivity contribution is 5.99. The number of hydrogen-bond donors (Lipinski definition) is 1. The molecule has 5 heteroatoms. The van der Waals surface area contributed by atoms with Gasteiger partial charge in [-0.3, -0.25) is 4.79 Å². The van der Waals surface area contributed by atoms with E-state index in [0.717, 1.165) is 36.5 Å². The number of hydrogen-bond acceptors (Lipinski definition) is 4. The van der Waals surface area contributed by atoms with Gasteiger partial charge in [-0.2, -0.15) is 0 Å². The van der Waals surface area contributed by atoms with Gasteiger partial charge in [-0.05, 0) is 35.7 Å². The highest BCUT2D eigenvalue weighted by Crippen LogP contribution is 2.26. The van der Waals surface area contributed by atoms with Crippen molar-refractivity contribution >= 4 is 22.6 Å². The van der Waals surface area contributed by atoms with Crippen LogP contribution < -0.4 is 10.1 Å². The number of ether oxygens (including phenoxy) is 2. The first kappa shape index (κ1) is 19.2. The Kier molecular flexibility index (Phi) is 6.69. The molecule has 3 rings (SSSR count). The van der Waals surface area contributed by atoms with Crippen molar-refractivity contribution in [2.75, 3.05) is 13.7 Å². The summed E-state index contributed by atoms with van der Waals surface area (Å²) in [5, 5.41) is 4.90. The Hall–Kier alpha value is -2.56. The minimum Gasteiger partial charge on any atom is -0.496 e. The second kappa shape index (κ2) is 9.40. The standard InChI is InChI=1S/C22H27NO4/c1-26-20-14-17-10-8-7-9-16(17)13-19(20)22(25)27-15-21(24)23-18-11-5-3-2-4-6-12-18/h7-10,13-14,18H,2-6,11-12,15H2,1H3,(H,23,24). The molecule has 2 aromatic carbocycles. The predicted octanol–water partition coefficient (Wildman–Crippen LogP) is 4.23. The summed E-state index contributed by atoms with van der Waals surface area (Å²) in [6.45, 7) is -0.273. The van der Waals surface area contributed by atoms with E-state index in [4.69, 9.17) is 9.47 Å². The zero-order chi connectivity index (χ0) is 19.1. The van der Waals surface area contributed by atoms with Crippen molar-refractivity contribution in [2.45, 2.75) is 51.0 Å². The van der Waals surface area contributed by atoms with Gasteiger partial charge in [0.25, 0.3) is 5.91 Å². The number of carbonyl (C=O) groups excluding carboxylic acids is 2. The summed E-state index contributed by atoms with van der Waals surface area (Å²) in [6, 6.07) is 11.4. The van der Waals surface area contributed by atoms with E-state index in [2.05, 4.69) is 5.32 Å². The van der Waals surface area contributed by atoms with Crippen LogP contribution >= 0.6 is 0 Å². The van der Waals surface area contributed by atoms with Crippen molar-refractivity contribution in [3.63, 3.8) is 0 Å². The molecule has 1 fully saturated rings. The molecule has 0 spiro atoms. The van der Waals surface area contributed by atoms with Gasteiger partial charge in [-0.15, -0.1) is 0 Å². The highest BCUT2D eigenvalue weighted by Gasteiger charge is 2.18. The molecule has 2 aromatic rings. The zero-order valence-electron chi connectivity index (χ0n) is 15.8. The van der Waals surface area contributed by atoms with Crippen LogP contribution in [0, 0.1) is 0 Å². The van der Waals surface area contributed by atoms with Gasteiger partial charge in [0.1, 0.15) is 11.3 Å². The summed E-state index contributed by atoms with van der Waals surface area (Å²) in [4.78, 5) is 24.7. The Morgan fingerprint density at radius 1 is 1.00 bits per heavy atom. The maximum absolute atomic E-state index is 12.5. The van der Waals surface area contributed by atoms with Crippen molar-refractivity contribution in [3.8, 4) is 5.75 Å². The fourth-order valence-corrected chi connectivity index (χ4v) is 3.63. The number of rotatable bonds is 5. The molecule has 1 aliphatic rings. The second-order valence-corrected chi connectivity index (χ2v) is 7.09. The number of fused-ring (bicyclic) bond motifs is 1. The Bertz CT molecular complexity index is 794. The van der Waals surface area contributed by atoms with E-state index in [0.29, 0.717) is 11.3 Å². The molecule has 0 aliphatic heterocycles. The number of methoxy groups -OCH3 is 1. The van der Waals surface area contributed by atoms with Crippen molar-refractivity contribution in [2.24, 2.45) is 0 Å². The van der Waals surface area contributed by atoms with Gasteiger partial charge in [0.15, 0.2) is 6.61 Å². The van der Waals surface area contributed by atoms with Crippen LogP contribution in [0.1, 0.15) is 55.3 Å². The van der Waals surface area contributed by atoms with Crippen molar-refractivity contribution < 1.29 is 19.1 Å². The second-order valence-electron chi connectivity index (χ2n) is 7.09. The first-order chi connectivity index (χ1) is 13.2. The lowest BCUT2D eigenvalue weighted by Crippen LogP contribution is -2.38. The van der Waals surface area contributed by atoms with Crippen molar-refractivity contribution in [1.29, 1.82) is 0 Å². The quantitative estimate of drug-likeness (QED) is 0.801. The van der Waals surface area contributed by atoms with Gasteiger partial charge >= 0.3 is 5.97 Å². The SMILES string of the molecule is COc1cc2ccccc2cc1C(=O)OCC(=O)NC1CCCCCCC1. The summed E-state index contributed by atoms with van der Waals surface area (Å²) in [7, 11) is 1.52. The van der Waals surface area contributed by atoms with E-state index >= 15 is 0 Å². The third-order valence-corrected chi connectivity index (χ3v) is 5.09. The average Bonchev–Trinajstić information content (AvgIpc) is 2.67. The Balaban J connectivity index is 1.59. The molecule has 0 heterocycles. The minimum atomic E-state index is -0.551. The van der Waals surface area contributed by atoms with Crippen LogP contribution in [0.2, 0.25) is 0 Å². The molecule has 0 aromatic heterocycles. The molecule has 0 atom stereocenters. The number of esters is 1. The molecular formula is C22H27NO4. The van der Waals surface area contributed by atoms with Crippen LogP contribution in [-0.2, 0) is 9.53 Å². The largest absolute Gasteiger partial charge is 0.496 e. The molecule has 5 nitrogen and oxygen atoms in total. The smallest absolute Gasteiger partial charge is 0.342 e. The topological polar surface area (TPSA) is 64.6 Å². The van der Waals surface area contributed by atoms with Crippen LogP contribution in [-0.4, -0.2) is 31.6 Å². The molecule has 0 bridgehead atoms. The Morgan fingerprint density at radius 3 is 2.30 bits per heavy atom. The van der Waals surface area contributed by atoms with Crippen LogP contribution in [0.5, 0.6) is 5.75 Å². The normalized spacial score (nSPS) is 15.6. The van der Waals surface area contributed by atoms with E-state index in [9.17, 15) is 9.59 Å². The lowest BCUT2D eigenvalue weighted by atomic mass is 9.97. The Labute approximate surface area is 160 Å². The molecule has 1 N–H and O–H groups in total. The van der Waals surface area contributed by atoms with Crippen LogP contribution in [0.3, 0.4) is 0 Å². The van der Waals surface area contributed by atoms with Crippen LogP contribution in [0.15, 0.2) is 36.4 Å². The summed E-state index contributed by atoms with van der Waals surface area (Å²) in [5.41, 5.74) is 0.329. The van der Waals surface area contributed by atoms with Crippen LogP contribution in [0.4, 0.5) is 0 Å². The molecule has 144 valence electrons.